The largest absolute Gasteiger partial charge is 0.540 e. The Balaban J connectivity index is 0.000000703. The molecule has 0 atom stereocenters. The monoisotopic (exact) mass is 2360 g/mol. The van der Waals surface area contributed by atoms with Crippen molar-refractivity contribution in [2.24, 2.45) is 0 Å². The first kappa shape index (κ1) is 106. The minimum absolute atomic E-state index is 0. The number of halogens is 2. The predicted octanol–water partition coefficient (Wildman–Crippen LogP) is 23.6. The zero-order valence-electron chi connectivity index (χ0n) is 66.8. The van der Waals surface area contributed by atoms with E-state index in [1.807, 2.05) is 146 Å². The number of allylic oxidation sites excluding steroid dienone is 8. The quantitative estimate of drug-likeness (QED) is 0.0305. The number of carbonyl (C=O) groups is 4. The van der Waals surface area contributed by atoms with E-state index in [2.05, 4.69) is 126 Å². The summed E-state index contributed by atoms with van der Waals surface area (Å²) in [4.78, 5) is 64.3. The van der Waals surface area contributed by atoms with E-state index in [-0.39, 0.29) is 143 Å². The van der Waals surface area contributed by atoms with Gasteiger partial charge < -0.3 is 54.9 Å². The number of hydrogen-bond donors (Lipinski definition) is 5. The summed E-state index contributed by atoms with van der Waals surface area (Å²) in [6.45, 7) is 19.6. The average molecular weight is 2370 g/mol. The van der Waals surface area contributed by atoms with E-state index >= 15 is 0 Å². The van der Waals surface area contributed by atoms with Crippen molar-refractivity contribution in [2.75, 3.05) is 7.11 Å². The van der Waals surface area contributed by atoms with E-state index in [9.17, 15) is 33.1 Å². The van der Waals surface area contributed by atoms with Crippen LogP contribution >= 0.6 is 35.3 Å². The Kier molecular flexibility index (Phi) is 52.6. The van der Waals surface area contributed by atoms with Crippen molar-refractivity contribution >= 4 is 58.4 Å². The fraction of sp³-hybridized carbons (Fsp3) is 0.149. The van der Waals surface area contributed by atoms with Gasteiger partial charge in [-0.15, -0.1) is 99.6 Å². The number of aliphatic hydroxyl groups is 5. The molecule has 8 aromatic carbocycles. The molecule has 0 aliphatic heterocycles. The Morgan fingerprint density at radius 2 is 0.695 bits per heavy atom. The summed E-state index contributed by atoms with van der Waals surface area (Å²) in [5.74, 6) is 0.710. The van der Waals surface area contributed by atoms with Crippen LogP contribution in [0.1, 0.15) is 83.2 Å². The van der Waals surface area contributed by atoms with Crippen LogP contribution in [-0.4, -0.2) is 75.7 Å². The summed E-state index contributed by atoms with van der Waals surface area (Å²) in [5, 5.41) is 43.0. The fourth-order valence-corrected chi connectivity index (χ4v) is 12.4. The van der Waals surface area contributed by atoms with Crippen LogP contribution in [0, 0.1) is 63.6 Å². The van der Waals surface area contributed by atoms with E-state index in [1.54, 1.807) is 73.1 Å². The van der Waals surface area contributed by atoms with Gasteiger partial charge >= 0.3 is 0 Å². The summed E-state index contributed by atoms with van der Waals surface area (Å²) >= 11 is 4.98. The molecular formula is C94H90F2N4O11Pt4S3-4. The third-order valence-electron chi connectivity index (χ3n) is 14.3. The number of methoxy groups -OCH3 is 1. The number of hydrogen-bond acceptors (Lipinski definition) is 18. The summed E-state index contributed by atoms with van der Waals surface area (Å²) in [7, 11) is 1.60. The van der Waals surface area contributed by atoms with Crippen molar-refractivity contribution < 1.29 is 147 Å². The van der Waals surface area contributed by atoms with Crippen molar-refractivity contribution in [3.63, 3.8) is 0 Å². The fourth-order valence-electron chi connectivity index (χ4n) is 9.83. The molecule has 5 N–H and O–H groups in total. The van der Waals surface area contributed by atoms with Crippen LogP contribution in [0.4, 0.5) is 8.78 Å². The number of carbonyl (C=O) groups excluding carboxylic acids is 4. The van der Waals surface area contributed by atoms with Crippen LogP contribution < -0.4 is 9.47 Å². The van der Waals surface area contributed by atoms with Crippen LogP contribution in [0.3, 0.4) is 0 Å². The molecule has 4 aromatic heterocycles. The normalized spacial score (nSPS) is 10.4. The topological polar surface area (TPSA) is 239 Å². The molecule has 12 aromatic rings. The van der Waals surface area contributed by atoms with Gasteiger partial charge in [-0.3, -0.25) is 28.0 Å². The molecule has 4 heterocycles. The molecule has 0 amide bonds. The second kappa shape index (κ2) is 58.3. The number of aliphatic hydroxyl groups excluding tert-OH is 5. The number of ketones is 4. The first-order valence-corrected chi connectivity index (χ1v) is 37.7. The van der Waals surface area contributed by atoms with Gasteiger partial charge in [0.05, 0.1) is 30.1 Å². The number of aryl methyl sites for hydroxylation is 4. The third-order valence-corrected chi connectivity index (χ3v) is 17.3. The van der Waals surface area contributed by atoms with Crippen LogP contribution in [0.25, 0.3) is 45.0 Å². The smallest absolute Gasteiger partial charge is 0.155 e. The molecule has 0 unspecified atom stereocenters. The first-order valence-electron chi connectivity index (χ1n) is 35.3. The Hall–Kier alpha value is -9.58. The number of benzene rings is 8. The SMILES string of the molecule is CC(=O)C=C(C)O.CC(=O)C=C(C)O.CC(=O)C=C(C)O.CC(=O)C=C(C)O.COc1c[c-]c(-c2cc(Sc3ccccc3)ccn2)c(CO)c1.Cc1c[c-]c(-c2cc(Oc3ccccc3)ccn2)c(C)c1.Cc1c[c-]c(-c2cc(Sc3ccccc3)ccn2)c(C)c1.Fc1c[c-]c(-c2cc(Sc3ccccc3)ccn2)c(F)c1.[Pt].[Pt].[Pt].[Pt]. The number of para-hydroxylation sites is 1. The van der Waals surface area contributed by atoms with Gasteiger partial charge in [0.1, 0.15) is 11.5 Å². The maximum absolute atomic E-state index is 13.8. The molecule has 118 heavy (non-hydrogen) atoms. The summed E-state index contributed by atoms with van der Waals surface area (Å²) in [5.41, 5.74) is 11.7. The molecule has 0 aliphatic rings. The van der Waals surface area contributed by atoms with Crippen LogP contribution in [0.2, 0.25) is 0 Å². The van der Waals surface area contributed by atoms with Gasteiger partial charge in [0, 0.05) is 187 Å². The molecule has 0 radical (unpaired) electrons. The maximum Gasteiger partial charge on any atom is 0.155 e. The van der Waals surface area contributed by atoms with Gasteiger partial charge in [-0.2, -0.15) is 0 Å². The van der Waals surface area contributed by atoms with E-state index < -0.39 is 11.6 Å². The van der Waals surface area contributed by atoms with Gasteiger partial charge in [0.2, 0.25) is 0 Å². The zero-order chi connectivity index (χ0) is 83.5. The minimum Gasteiger partial charge on any atom is -0.540 e. The molecule has 24 heteroatoms. The summed E-state index contributed by atoms with van der Waals surface area (Å²) in [6, 6.07) is 82.0. The van der Waals surface area contributed by atoms with E-state index in [4.69, 9.17) is 29.9 Å². The second-order valence-electron chi connectivity index (χ2n) is 24.9. The van der Waals surface area contributed by atoms with Gasteiger partial charge in [0.15, 0.2) is 23.1 Å². The summed E-state index contributed by atoms with van der Waals surface area (Å²) < 4.78 is 37.7. The number of aromatic nitrogens is 4. The Labute approximate surface area is 761 Å². The zero-order valence-corrected chi connectivity index (χ0v) is 78.4. The van der Waals surface area contributed by atoms with Crippen molar-refractivity contribution in [1.82, 2.24) is 19.9 Å². The Bertz CT molecular complexity index is 4790. The van der Waals surface area contributed by atoms with Crippen LogP contribution in [0.15, 0.2) is 320 Å². The summed E-state index contributed by atoms with van der Waals surface area (Å²) in [6.07, 6.45) is 11.7. The molecule has 15 nitrogen and oxygen atoms in total. The van der Waals surface area contributed by atoms with E-state index in [1.165, 1.54) is 117 Å². The van der Waals surface area contributed by atoms with Gasteiger partial charge in [-0.05, 0) is 157 Å². The molecule has 0 bridgehead atoms. The third kappa shape index (κ3) is 42.7. The van der Waals surface area contributed by atoms with E-state index in [0.29, 0.717) is 11.4 Å². The van der Waals surface area contributed by atoms with Crippen molar-refractivity contribution in [1.29, 1.82) is 0 Å². The van der Waals surface area contributed by atoms with Crippen molar-refractivity contribution in [3.05, 3.63) is 354 Å². The van der Waals surface area contributed by atoms with Gasteiger partial charge in [0.25, 0.3) is 0 Å². The van der Waals surface area contributed by atoms with Crippen molar-refractivity contribution in [3.8, 4) is 62.3 Å². The first-order chi connectivity index (χ1) is 54.5. The number of rotatable bonds is 18. The van der Waals surface area contributed by atoms with Crippen LogP contribution in [-0.2, 0) is 110 Å². The Morgan fingerprint density at radius 1 is 0.373 bits per heavy atom. The molecule has 0 saturated heterocycles. The standard InChI is InChI=1S/C19H16NO2S.C19H16NO.C19H16NS.C17H10F2NS.4C5H8O2.4Pt/c1-22-15-7-8-18(14(11-15)13-21)19-12-17(9-10-20-19)23-16-5-3-2-4-6-16;2*1-14-8-9-18(15(2)12-14)19-13-17(10-11-20-19)21-16-6-4-3-5-7-16;18-12-6-7-15(16(19)10-12)17-11-14(8-9-20-17)21-13-4-2-1-3-5-13;4*1-4(6)3-5(2)7;;;;/h2-7,9-12,21H,13H2,1H3;2*3-8,10-13H,1-2H3;1-6,8-11H;4*3,6H,1-2H3;;;;/q4*-1;;;;;;;;. The Morgan fingerprint density at radius 3 is 1.02 bits per heavy atom. The molecule has 0 fully saturated rings. The molecule has 0 aliphatic carbocycles. The number of ether oxygens (including phenoxy) is 2. The molecule has 628 valence electrons. The average Bonchev–Trinajstić information content (AvgIpc) is 0.838. The van der Waals surface area contributed by atoms with Crippen LogP contribution in [0.5, 0.6) is 17.2 Å². The van der Waals surface area contributed by atoms with Crippen molar-refractivity contribution in [2.45, 2.75) is 119 Å². The molecular weight excluding hydrogens is 2280 g/mol. The van der Waals surface area contributed by atoms with Gasteiger partial charge in [-0.1, -0.05) is 177 Å². The number of pyridine rings is 4. The van der Waals surface area contributed by atoms with Gasteiger partial charge in [-0.25, -0.2) is 0 Å². The minimum atomic E-state index is -0.663. The number of nitrogens with zero attached hydrogens (tertiary/aromatic N) is 4. The molecule has 0 saturated carbocycles. The molecule has 0 spiro atoms. The predicted molar refractivity (Wildman–Crippen MR) is 452 cm³/mol. The maximum atomic E-state index is 13.8. The second-order valence-corrected chi connectivity index (χ2v) is 28.3. The molecule has 12 rings (SSSR count). The van der Waals surface area contributed by atoms with E-state index in [0.717, 1.165) is 77.7 Å².